The lowest BCUT2D eigenvalue weighted by atomic mass is 9.95. The van der Waals surface area contributed by atoms with E-state index in [-0.39, 0.29) is 5.41 Å². The SMILES string of the molecule is CCC/C(N)=N\C(=C\C(C)(C)C)CC. The zero-order valence-corrected chi connectivity index (χ0v) is 10.2. The van der Waals surface area contributed by atoms with Gasteiger partial charge in [-0.05, 0) is 18.3 Å². The molecule has 0 aliphatic rings. The summed E-state index contributed by atoms with van der Waals surface area (Å²) in [5.74, 6) is 0.754. The fraction of sp³-hybridized carbons (Fsp3) is 0.750. The normalized spacial score (nSPS) is 14.6. The van der Waals surface area contributed by atoms with E-state index in [4.69, 9.17) is 5.73 Å². The van der Waals surface area contributed by atoms with Crippen molar-refractivity contribution in [2.24, 2.45) is 16.1 Å². The number of nitrogens with two attached hydrogens (primary N) is 1. The van der Waals surface area contributed by atoms with Crippen LogP contribution in [-0.2, 0) is 0 Å². The molecule has 0 aromatic carbocycles. The third-order valence-electron chi connectivity index (χ3n) is 1.76. The molecule has 0 aliphatic heterocycles. The summed E-state index contributed by atoms with van der Waals surface area (Å²) in [4.78, 5) is 4.43. The Balaban J connectivity index is 4.58. The van der Waals surface area contributed by atoms with Gasteiger partial charge in [-0.1, -0.05) is 40.7 Å². The zero-order chi connectivity index (χ0) is 11.2. The lowest BCUT2D eigenvalue weighted by molar-refractivity contribution is 0.537. The van der Waals surface area contributed by atoms with E-state index in [1.807, 2.05) is 0 Å². The van der Waals surface area contributed by atoms with Crippen molar-refractivity contribution in [2.75, 3.05) is 0 Å². The summed E-state index contributed by atoms with van der Waals surface area (Å²) in [6, 6.07) is 0. The van der Waals surface area contributed by atoms with Crippen molar-refractivity contribution in [3.8, 4) is 0 Å². The van der Waals surface area contributed by atoms with E-state index in [0.29, 0.717) is 0 Å². The van der Waals surface area contributed by atoms with Crippen LogP contribution in [0.3, 0.4) is 0 Å². The number of allylic oxidation sites excluding steroid dienone is 2. The Morgan fingerprint density at radius 2 is 1.86 bits per heavy atom. The number of aliphatic imine (C=N–C) groups is 1. The van der Waals surface area contributed by atoms with E-state index in [2.05, 4.69) is 45.7 Å². The van der Waals surface area contributed by atoms with Gasteiger partial charge in [0.25, 0.3) is 0 Å². The van der Waals surface area contributed by atoms with E-state index in [9.17, 15) is 0 Å². The van der Waals surface area contributed by atoms with E-state index in [1.165, 1.54) is 0 Å². The van der Waals surface area contributed by atoms with Crippen molar-refractivity contribution in [3.63, 3.8) is 0 Å². The predicted octanol–water partition coefficient (Wildman–Crippen LogP) is 3.48. The predicted molar refractivity (Wildman–Crippen MR) is 64.4 cm³/mol. The summed E-state index contributed by atoms with van der Waals surface area (Å²) < 4.78 is 0. The van der Waals surface area contributed by atoms with Crippen molar-refractivity contribution in [3.05, 3.63) is 11.8 Å². The van der Waals surface area contributed by atoms with Crippen LogP contribution in [0, 0.1) is 5.41 Å². The summed E-state index contributed by atoms with van der Waals surface area (Å²) in [5, 5.41) is 0. The van der Waals surface area contributed by atoms with Gasteiger partial charge in [-0.15, -0.1) is 0 Å². The second-order valence-corrected chi connectivity index (χ2v) is 4.71. The Bertz CT molecular complexity index is 219. The molecule has 0 aromatic heterocycles. The fourth-order valence-electron chi connectivity index (χ4n) is 1.21. The van der Waals surface area contributed by atoms with Crippen LogP contribution in [0.5, 0.6) is 0 Å². The molecular formula is C12H24N2. The van der Waals surface area contributed by atoms with E-state index in [1.54, 1.807) is 0 Å². The molecule has 0 aliphatic carbocycles. The molecule has 2 N–H and O–H groups in total. The Kier molecular flexibility index (Phi) is 5.51. The Morgan fingerprint density at radius 3 is 2.21 bits per heavy atom. The smallest absolute Gasteiger partial charge is 0.0992 e. The highest BCUT2D eigenvalue weighted by Gasteiger charge is 2.07. The average molecular weight is 196 g/mol. The lowest BCUT2D eigenvalue weighted by Gasteiger charge is -2.13. The van der Waals surface area contributed by atoms with Gasteiger partial charge in [-0.3, -0.25) is 0 Å². The molecular weight excluding hydrogens is 172 g/mol. The van der Waals surface area contributed by atoms with Crippen LogP contribution in [0.1, 0.15) is 53.9 Å². The standard InChI is InChI=1S/C12H24N2/c1-6-8-11(13)14-10(7-2)9-12(3,4)5/h9H,6-8H2,1-5H3,(H2,13,14)/b10-9+. The van der Waals surface area contributed by atoms with Crippen LogP contribution in [0.2, 0.25) is 0 Å². The highest BCUT2D eigenvalue weighted by Crippen LogP contribution is 2.19. The third-order valence-corrected chi connectivity index (χ3v) is 1.76. The van der Waals surface area contributed by atoms with E-state index < -0.39 is 0 Å². The molecule has 0 aromatic rings. The second-order valence-electron chi connectivity index (χ2n) is 4.71. The minimum absolute atomic E-state index is 0.182. The largest absolute Gasteiger partial charge is 0.387 e. The number of nitrogens with zero attached hydrogens (tertiary/aromatic N) is 1. The van der Waals surface area contributed by atoms with Gasteiger partial charge in [-0.2, -0.15) is 0 Å². The van der Waals surface area contributed by atoms with E-state index in [0.717, 1.165) is 30.8 Å². The Hall–Kier alpha value is -0.790. The van der Waals surface area contributed by atoms with Gasteiger partial charge in [-0.25, -0.2) is 4.99 Å². The van der Waals surface area contributed by atoms with Crippen molar-refractivity contribution >= 4 is 5.84 Å². The lowest BCUT2D eigenvalue weighted by Crippen LogP contribution is -2.11. The molecule has 0 heterocycles. The van der Waals surface area contributed by atoms with Gasteiger partial charge >= 0.3 is 0 Å². The fourth-order valence-corrected chi connectivity index (χ4v) is 1.21. The molecule has 0 unspecified atom stereocenters. The molecule has 2 nitrogen and oxygen atoms in total. The van der Waals surface area contributed by atoms with Crippen LogP contribution in [0.15, 0.2) is 16.8 Å². The Morgan fingerprint density at radius 1 is 1.29 bits per heavy atom. The average Bonchev–Trinajstić information content (AvgIpc) is 2.01. The quantitative estimate of drug-likeness (QED) is 0.542. The Labute approximate surface area is 88.3 Å². The molecule has 2 heteroatoms. The first-order valence-corrected chi connectivity index (χ1v) is 5.43. The number of amidine groups is 1. The molecule has 0 bridgehead atoms. The summed E-state index contributed by atoms with van der Waals surface area (Å²) in [5.41, 5.74) is 7.07. The van der Waals surface area contributed by atoms with Crippen molar-refractivity contribution in [2.45, 2.75) is 53.9 Å². The third kappa shape index (κ3) is 6.70. The highest BCUT2D eigenvalue weighted by atomic mass is 14.9. The molecule has 14 heavy (non-hydrogen) atoms. The van der Waals surface area contributed by atoms with Crippen molar-refractivity contribution in [1.29, 1.82) is 0 Å². The first-order valence-electron chi connectivity index (χ1n) is 5.43. The zero-order valence-electron chi connectivity index (χ0n) is 10.2. The maximum Gasteiger partial charge on any atom is 0.0992 e. The first kappa shape index (κ1) is 13.2. The molecule has 0 atom stereocenters. The van der Waals surface area contributed by atoms with Gasteiger partial charge in [0.2, 0.25) is 0 Å². The minimum atomic E-state index is 0.182. The van der Waals surface area contributed by atoms with Crippen molar-refractivity contribution in [1.82, 2.24) is 0 Å². The van der Waals surface area contributed by atoms with Crippen LogP contribution in [0.4, 0.5) is 0 Å². The van der Waals surface area contributed by atoms with Crippen molar-refractivity contribution < 1.29 is 0 Å². The number of hydrogen-bond acceptors (Lipinski definition) is 1. The molecule has 0 radical (unpaired) electrons. The van der Waals surface area contributed by atoms with Gasteiger partial charge in [0.05, 0.1) is 5.84 Å². The van der Waals surface area contributed by atoms with Gasteiger partial charge in [0, 0.05) is 12.1 Å². The van der Waals surface area contributed by atoms with Crippen LogP contribution in [0.25, 0.3) is 0 Å². The summed E-state index contributed by atoms with van der Waals surface area (Å²) in [6.07, 6.45) is 5.08. The second kappa shape index (κ2) is 5.84. The highest BCUT2D eigenvalue weighted by molar-refractivity contribution is 5.81. The van der Waals surface area contributed by atoms with Crippen LogP contribution < -0.4 is 5.73 Å². The number of rotatable bonds is 4. The molecule has 82 valence electrons. The van der Waals surface area contributed by atoms with Crippen LogP contribution >= 0.6 is 0 Å². The van der Waals surface area contributed by atoms with Crippen LogP contribution in [-0.4, -0.2) is 5.84 Å². The molecule has 0 fully saturated rings. The molecule has 0 saturated carbocycles. The summed E-state index contributed by atoms with van der Waals surface area (Å²) >= 11 is 0. The number of hydrogen-bond donors (Lipinski definition) is 1. The first-order chi connectivity index (χ1) is 6.39. The summed E-state index contributed by atoms with van der Waals surface area (Å²) in [7, 11) is 0. The maximum absolute atomic E-state index is 5.79. The van der Waals surface area contributed by atoms with Gasteiger partial charge in [0.1, 0.15) is 0 Å². The van der Waals surface area contributed by atoms with E-state index >= 15 is 0 Å². The topological polar surface area (TPSA) is 38.4 Å². The molecule has 0 amide bonds. The molecule has 0 rings (SSSR count). The van der Waals surface area contributed by atoms with Gasteiger partial charge < -0.3 is 5.73 Å². The maximum atomic E-state index is 5.79. The monoisotopic (exact) mass is 196 g/mol. The minimum Gasteiger partial charge on any atom is -0.387 e. The summed E-state index contributed by atoms with van der Waals surface area (Å²) in [6.45, 7) is 10.7. The van der Waals surface area contributed by atoms with Gasteiger partial charge in [0.15, 0.2) is 0 Å². The molecule has 0 saturated heterocycles. The molecule has 0 spiro atoms.